The molecule has 0 radical (unpaired) electrons. The normalized spacial score (nSPS) is 18.2. The zero-order valence-corrected chi connectivity index (χ0v) is 12.7. The fourth-order valence-electron chi connectivity index (χ4n) is 2.90. The Kier molecular flexibility index (Phi) is 6.38. The quantitative estimate of drug-likeness (QED) is 0.647. The molecule has 2 nitrogen and oxygen atoms in total. The lowest BCUT2D eigenvalue weighted by Gasteiger charge is -2.20. The van der Waals surface area contributed by atoms with Crippen LogP contribution in [0.2, 0.25) is 0 Å². The van der Waals surface area contributed by atoms with E-state index in [-0.39, 0.29) is 17.9 Å². The van der Waals surface area contributed by atoms with E-state index in [1.807, 2.05) is 18.2 Å². The Balaban J connectivity index is 1.87. The van der Waals surface area contributed by atoms with Crippen molar-refractivity contribution in [2.24, 2.45) is 5.92 Å². The number of nitrogens with one attached hydrogen (secondary N) is 1. The largest absolute Gasteiger partial charge is 0.352 e. The number of hydrogen-bond donors (Lipinski definition) is 1. The number of halogens is 1. The predicted octanol–water partition coefficient (Wildman–Crippen LogP) is 3.92. The van der Waals surface area contributed by atoms with Gasteiger partial charge < -0.3 is 5.32 Å². The van der Waals surface area contributed by atoms with E-state index in [4.69, 9.17) is 11.6 Å². The van der Waals surface area contributed by atoms with Crippen LogP contribution < -0.4 is 5.32 Å². The maximum Gasteiger partial charge on any atom is 0.223 e. The summed E-state index contributed by atoms with van der Waals surface area (Å²) in [5, 5.41) is 3.14. The van der Waals surface area contributed by atoms with Crippen molar-refractivity contribution in [2.45, 2.75) is 51.0 Å². The minimum absolute atomic E-state index is 0.0369. The summed E-state index contributed by atoms with van der Waals surface area (Å²) in [5.74, 6) is 0.861. The highest BCUT2D eigenvalue weighted by molar-refractivity contribution is 6.18. The van der Waals surface area contributed by atoms with Crippen LogP contribution in [0.5, 0.6) is 0 Å². The van der Waals surface area contributed by atoms with E-state index in [2.05, 4.69) is 17.4 Å². The monoisotopic (exact) mass is 293 g/mol. The highest BCUT2D eigenvalue weighted by Gasteiger charge is 2.22. The fourth-order valence-corrected chi connectivity index (χ4v) is 3.09. The maximum absolute atomic E-state index is 12.3. The van der Waals surface area contributed by atoms with Crippen LogP contribution in [0.4, 0.5) is 0 Å². The zero-order chi connectivity index (χ0) is 14.2. The van der Waals surface area contributed by atoms with Crippen molar-refractivity contribution < 1.29 is 4.79 Å². The average Bonchev–Trinajstić information content (AvgIpc) is 2.76. The Bertz CT molecular complexity index is 399. The summed E-state index contributed by atoms with van der Waals surface area (Å²) in [6.07, 6.45) is 7.78. The lowest BCUT2D eigenvalue weighted by Crippen LogP contribution is -2.41. The first-order chi connectivity index (χ1) is 9.79. The van der Waals surface area contributed by atoms with Crippen molar-refractivity contribution in [3.8, 4) is 0 Å². The molecule has 1 fully saturated rings. The van der Waals surface area contributed by atoms with Gasteiger partial charge in [-0.1, -0.05) is 56.0 Å². The molecule has 1 N–H and O–H groups in total. The number of benzene rings is 1. The molecule has 0 spiro atoms. The Labute approximate surface area is 126 Å². The highest BCUT2D eigenvalue weighted by atomic mass is 35.5. The van der Waals surface area contributed by atoms with Crippen molar-refractivity contribution in [1.29, 1.82) is 0 Å². The smallest absolute Gasteiger partial charge is 0.223 e. The number of carbonyl (C=O) groups is 1. The number of rotatable bonds is 5. The molecule has 20 heavy (non-hydrogen) atoms. The number of carbonyl (C=O) groups excluding carboxylic acids is 1. The first kappa shape index (κ1) is 15.4. The van der Waals surface area contributed by atoms with E-state index in [1.54, 1.807) is 0 Å². The van der Waals surface area contributed by atoms with E-state index in [9.17, 15) is 4.79 Å². The molecule has 0 bridgehead atoms. The van der Waals surface area contributed by atoms with Crippen LogP contribution in [0.1, 0.15) is 44.1 Å². The molecule has 1 aliphatic carbocycles. The lowest BCUT2D eigenvalue weighted by molar-refractivity contribution is -0.126. The van der Waals surface area contributed by atoms with Crippen LogP contribution in [-0.4, -0.2) is 17.8 Å². The third-order valence-electron chi connectivity index (χ3n) is 4.08. The van der Waals surface area contributed by atoms with Gasteiger partial charge in [-0.3, -0.25) is 4.79 Å². The van der Waals surface area contributed by atoms with Crippen LogP contribution in [0, 0.1) is 5.92 Å². The molecule has 1 unspecified atom stereocenters. The van der Waals surface area contributed by atoms with Crippen LogP contribution in [-0.2, 0) is 11.2 Å². The van der Waals surface area contributed by atoms with E-state index >= 15 is 0 Å². The molecule has 3 heteroatoms. The van der Waals surface area contributed by atoms with Gasteiger partial charge >= 0.3 is 0 Å². The second-order valence-corrected chi connectivity index (χ2v) is 6.05. The molecule has 1 aromatic carbocycles. The second kappa shape index (κ2) is 8.31. The van der Waals surface area contributed by atoms with Crippen LogP contribution in [0.15, 0.2) is 30.3 Å². The molecule has 110 valence electrons. The van der Waals surface area contributed by atoms with Gasteiger partial charge in [0, 0.05) is 17.8 Å². The van der Waals surface area contributed by atoms with Gasteiger partial charge in [0.2, 0.25) is 5.91 Å². The highest BCUT2D eigenvalue weighted by Crippen LogP contribution is 2.23. The number of amides is 1. The first-order valence-electron chi connectivity index (χ1n) is 7.70. The lowest BCUT2D eigenvalue weighted by atomic mass is 9.98. The fraction of sp³-hybridized carbons (Fsp3) is 0.588. The minimum Gasteiger partial charge on any atom is -0.352 e. The molecular weight excluding hydrogens is 270 g/mol. The van der Waals surface area contributed by atoms with Gasteiger partial charge in [0.05, 0.1) is 0 Å². The summed E-state index contributed by atoms with van der Waals surface area (Å²) in [4.78, 5) is 12.3. The Morgan fingerprint density at radius 2 is 1.80 bits per heavy atom. The SMILES string of the molecule is O=C(NC(CCl)Cc1ccccc1)C1CCCCCC1. The molecule has 2 rings (SSSR count). The van der Waals surface area contributed by atoms with Crippen LogP contribution in [0.3, 0.4) is 0 Å². The van der Waals surface area contributed by atoms with Gasteiger partial charge in [0.1, 0.15) is 0 Å². The average molecular weight is 294 g/mol. The van der Waals surface area contributed by atoms with Gasteiger partial charge in [-0.25, -0.2) is 0 Å². The molecular formula is C17H24ClNO. The summed E-state index contributed by atoms with van der Waals surface area (Å²) in [5.41, 5.74) is 1.22. The summed E-state index contributed by atoms with van der Waals surface area (Å²) < 4.78 is 0. The van der Waals surface area contributed by atoms with E-state index < -0.39 is 0 Å². The molecule has 1 saturated carbocycles. The van der Waals surface area contributed by atoms with Gasteiger partial charge in [-0.05, 0) is 24.8 Å². The van der Waals surface area contributed by atoms with Gasteiger partial charge in [-0.2, -0.15) is 0 Å². The zero-order valence-electron chi connectivity index (χ0n) is 12.0. The molecule has 0 aliphatic heterocycles. The maximum atomic E-state index is 12.3. The topological polar surface area (TPSA) is 29.1 Å². The number of hydrogen-bond acceptors (Lipinski definition) is 1. The van der Waals surface area contributed by atoms with Crippen molar-refractivity contribution in [3.05, 3.63) is 35.9 Å². The van der Waals surface area contributed by atoms with Crippen molar-refractivity contribution in [2.75, 3.05) is 5.88 Å². The van der Waals surface area contributed by atoms with Gasteiger partial charge in [0.15, 0.2) is 0 Å². The Morgan fingerprint density at radius 1 is 1.15 bits per heavy atom. The summed E-state index contributed by atoms with van der Waals surface area (Å²) in [7, 11) is 0. The van der Waals surface area contributed by atoms with Gasteiger partial charge in [-0.15, -0.1) is 11.6 Å². The molecule has 0 saturated heterocycles. The summed E-state index contributed by atoms with van der Waals surface area (Å²) in [6.45, 7) is 0. The minimum atomic E-state index is 0.0369. The van der Waals surface area contributed by atoms with Gasteiger partial charge in [0.25, 0.3) is 0 Å². The summed E-state index contributed by atoms with van der Waals surface area (Å²) >= 11 is 6.02. The Morgan fingerprint density at radius 3 is 2.40 bits per heavy atom. The van der Waals surface area contributed by atoms with E-state index in [1.165, 1.54) is 31.2 Å². The third kappa shape index (κ3) is 4.82. The molecule has 1 aromatic rings. The molecule has 1 atom stereocenters. The van der Waals surface area contributed by atoms with E-state index in [0.717, 1.165) is 19.3 Å². The first-order valence-corrected chi connectivity index (χ1v) is 8.23. The Hall–Kier alpha value is -1.02. The second-order valence-electron chi connectivity index (χ2n) is 5.74. The van der Waals surface area contributed by atoms with Crippen LogP contribution >= 0.6 is 11.6 Å². The molecule has 1 amide bonds. The summed E-state index contributed by atoms with van der Waals surface area (Å²) in [6, 6.07) is 10.2. The standard InChI is InChI=1S/C17H24ClNO/c18-13-16(12-14-8-4-3-5-9-14)19-17(20)15-10-6-1-2-7-11-15/h3-5,8-9,15-16H,1-2,6-7,10-13H2,(H,19,20). The van der Waals surface area contributed by atoms with Crippen molar-refractivity contribution >= 4 is 17.5 Å². The molecule has 0 heterocycles. The molecule has 1 aliphatic rings. The third-order valence-corrected chi connectivity index (χ3v) is 4.46. The van der Waals surface area contributed by atoms with Crippen molar-refractivity contribution in [1.82, 2.24) is 5.32 Å². The predicted molar refractivity (Wildman–Crippen MR) is 84.0 cm³/mol. The van der Waals surface area contributed by atoms with Crippen LogP contribution in [0.25, 0.3) is 0 Å². The number of alkyl halides is 1. The van der Waals surface area contributed by atoms with Crippen molar-refractivity contribution in [3.63, 3.8) is 0 Å². The van der Waals surface area contributed by atoms with E-state index in [0.29, 0.717) is 5.88 Å². The molecule has 0 aromatic heterocycles.